The molecular weight excluding hydrogens is 319 g/mol. The van der Waals surface area contributed by atoms with E-state index in [4.69, 9.17) is 5.73 Å². The fourth-order valence-corrected chi connectivity index (χ4v) is 2.81. The highest BCUT2D eigenvalue weighted by molar-refractivity contribution is 9.10. The standard InChI is InChI=1S/C16H18BrFN2/c1-11(19)13-6-7-16(15(17)9-13)20(2)10-12-4-3-5-14(18)8-12/h3-9,11H,10,19H2,1-2H3/t11-/m1/s1. The fraction of sp³-hybridized carbons (Fsp3) is 0.250. The fourth-order valence-electron chi connectivity index (χ4n) is 2.11. The molecule has 0 bridgehead atoms. The van der Waals surface area contributed by atoms with Crippen molar-refractivity contribution in [3.8, 4) is 0 Å². The SMILES string of the molecule is C[C@@H](N)c1ccc(N(C)Cc2cccc(F)c2)c(Br)c1. The molecule has 4 heteroatoms. The molecule has 0 saturated heterocycles. The first-order valence-corrected chi connectivity index (χ1v) is 7.27. The number of nitrogens with zero attached hydrogens (tertiary/aromatic N) is 1. The van der Waals surface area contributed by atoms with Gasteiger partial charge in [-0.25, -0.2) is 4.39 Å². The number of nitrogens with two attached hydrogens (primary N) is 1. The molecule has 0 fully saturated rings. The molecule has 0 saturated carbocycles. The number of halogens is 2. The van der Waals surface area contributed by atoms with Crippen molar-refractivity contribution in [3.63, 3.8) is 0 Å². The average Bonchev–Trinajstić information content (AvgIpc) is 2.38. The van der Waals surface area contributed by atoms with Crippen LogP contribution in [0.15, 0.2) is 46.9 Å². The second-order valence-electron chi connectivity index (χ2n) is 4.99. The highest BCUT2D eigenvalue weighted by atomic mass is 79.9. The monoisotopic (exact) mass is 336 g/mol. The molecule has 0 amide bonds. The molecule has 2 nitrogen and oxygen atoms in total. The Morgan fingerprint density at radius 1 is 1.25 bits per heavy atom. The van der Waals surface area contributed by atoms with Crippen LogP contribution in [0.4, 0.5) is 10.1 Å². The molecule has 0 aliphatic carbocycles. The number of anilines is 1. The van der Waals surface area contributed by atoms with E-state index in [1.165, 1.54) is 6.07 Å². The van der Waals surface area contributed by atoms with Gasteiger partial charge in [-0.3, -0.25) is 0 Å². The van der Waals surface area contributed by atoms with Gasteiger partial charge in [-0.05, 0) is 58.2 Å². The molecule has 0 aliphatic rings. The van der Waals surface area contributed by atoms with Gasteiger partial charge in [0.05, 0.1) is 5.69 Å². The van der Waals surface area contributed by atoms with Gasteiger partial charge in [0.1, 0.15) is 5.82 Å². The molecule has 2 aromatic carbocycles. The van der Waals surface area contributed by atoms with E-state index in [-0.39, 0.29) is 11.9 Å². The van der Waals surface area contributed by atoms with Crippen molar-refractivity contribution in [2.75, 3.05) is 11.9 Å². The van der Waals surface area contributed by atoms with Crippen LogP contribution in [0, 0.1) is 5.82 Å². The molecule has 0 aromatic heterocycles. The molecule has 0 radical (unpaired) electrons. The van der Waals surface area contributed by atoms with E-state index in [1.807, 2.05) is 38.2 Å². The maximum Gasteiger partial charge on any atom is 0.123 e. The minimum Gasteiger partial charge on any atom is -0.369 e. The van der Waals surface area contributed by atoms with Gasteiger partial charge in [0.15, 0.2) is 0 Å². The molecule has 0 aliphatic heterocycles. The zero-order valence-electron chi connectivity index (χ0n) is 11.6. The molecule has 2 rings (SSSR count). The third-order valence-corrected chi connectivity index (χ3v) is 3.85. The van der Waals surface area contributed by atoms with Crippen molar-refractivity contribution < 1.29 is 4.39 Å². The lowest BCUT2D eigenvalue weighted by Gasteiger charge is -2.22. The van der Waals surface area contributed by atoms with Gasteiger partial charge in [0.2, 0.25) is 0 Å². The summed E-state index contributed by atoms with van der Waals surface area (Å²) in [5.74, 6) is -0.206. The maximum atomic E-state index is 13.2. The minimum absolute atomic E-state index is 0.00822. The van der Waals surface area contributed by atoms with Crippen LogP contribution in [-0.2, 0) is 6.54 Å². The van der Waals surface area contributed by atoms with Crippen molar-refractivity contribution in [1.82, 2.24) is 0 Å². The second kappa shape index (κ2) is 6.37. The second-order valence-corrected chi connectivity index (χ2v) is 5.84. The Kier molecular flexibility index (Phi) is 4.78. The Labute approximate surface area is 127 Å². The lowest BCUT2D eigenvalue weighted by Crippen LogP contribution is -2.17. The number of hydrogen-bond acceptors (Lipinski definition) is 2. The highest BCUT2D eigenvalue weighted by Crippen LogP contribution is 2.29. The molecule has 20 heavy (non-hydrogen) atoms. The Morgan fingerprint density at radius 3 is 2.60 bits per heavy atom. The van der Waals surface area contributed by atoms with Crippen molar-refractivity contribution in [2.24, 2.45) is 5.73 Å². The molecule has 1 atom stereocenters. The first-order chi connectivity index (χ1) is 9.47. The van der Waals surface area contributed by atoms with E-state index in [1.54, 1.807) is 12.1 Å². The van der Waals surface area contributed by atoms with Gasteiger partial charge >= 0.3 is 0 Å². The largest absolute Gasteiger partial charge is 0.369 e. The highest BCUT2D eigenvalue weighted by Gasteiger charge is 2.09. The maximum absolute atomic E-state index is 13.2. The first kappa shape index (κ1) is 15.0. The minimum atomic E-state index is -0.206. The van der Waals surface area contributed by atoms with Crippen LogP contribution in [0.1, 0.15) is 24.1 Å². The zero-order chi connectivity index (χ0) is 14.7. The Balaban J connectivity index is 2.19. The lowest BCUT2D eigenvalue weighted by molar-refractivity contribution is 0.625. The predicted molar refractivity (Wildman–Crippen MR) is 85.3 cm³/mol. The summed E-state index contributed by atoms with van der Waals surface area (Å²) in [5.41, 5.74) is 8.95. The summed E-state index contributed by atoms with van der Waals surface area (Å²) in [6.07, 6.45) is 0. The van der Waals surface area contributed by atoms with Gasteiger partial charge in [-0.2, -0.15) is 0 Å². The van der Waals surface area contributed by atoms with E-state index >= 15 is 0 Å². The van der Waals surface area contributed by atoms with Crippen molar-refractivity contribution in [3.05, 3.63) is 63.9 Å². The summed E-state index contributed by atoms with van der Waals surface area (Å²) in [6, 6.07) is 12.7. The van der Waals surface area contributed by atoms with E-state index < -0.39 is 0 Å². The van der Waals surface area contributed by atoms with Crippen LogP contribution in [0.3, 0.4) is 0 Å². The van der Waals surface area contributed by atoms with Crippen LogP contribution < -0.4 is 10.6 Å². The van der Waals surface area contributed by atoms with E-state index in [9.17, 15) is 4.39 Å². The topological polar surface area (TPSA) is 29.3 Å². The van der Waals surface area contributed by atoms with E-state index in [0.29, 0.717) is 6.54 Å². The summed E-state index contributed by atoms with van der Waals surface area (Å²) in [6.45, 7) is 2.60. The van der Waals surface area contributed by atoms with Crippen LogP contribution in [0.5, 0.6) is 0 Å². The average molecular weight is 337 g/mol. The Bertz CT molecular complexity index is 599. The van der Waals surface area contributed by atoms with Gasteiger partial charge in [-0.15, -0.1) is 0 Å². The van der Waals surface area contributed by atoms with E-state index in [2.05, 4.69) is 20.8 Å². The summed E-state index contributed by atoms with van der Waals surface area (Å²) < 4.78 is 14.2. The summed E-state index contributed by atoms with van der Waals surface area (Å²) >= 11 is 3.57. The molecule has 0 heterocycles. The molecular formula is C16H18BrFN2. The van der Waals surface area contributed by atoms with Gasteiger partial charge in [0, 0.05) is 24.1 Å². The molecule has 106 valence electrons. The number of benzene rings is 2. The van der Waals surface area contributed by atoms with Crippen LogP contribution >= 0.6 is 15.9 Å². The quantitative estimate of drug-likeness (QED) is 0.904. The molecule has 2 N–H and O–H groups in total. The van der Waals surface area contributed by atoms with Crippen LogP contribution in [-0.4, -0.2) is 7.05 Å². The van der Waals surface area contributed by atoms with E-state index in [0.717, 1.165) is 21.3 Å². The lowest BCUT2D eigenvalue weighted by atomic mass is 10.1. The van der Waals surface area contributed by atoms with Crippen molar-refractivity contribution in [2.45, 2.75) is 19.5 Å². The van der Waals surface area contributed by atoms with Crippen LogP contribution in [0.25, 0.3) is 0 Å². The van der Waals surface area contributed by atoms with Gasteiger partial charge in [-0.1, -0.05) is 18.2 Å². The summed E-state index contributed by atoms with van der Waals surface area (Å²) in [7, 11) is 1.98. The van der Waals surface area contributed by atoms with Gasteiger partial charge < -0.3 is 10.6 Å². The normalized spacial score (nSPS) is 12.2. The third-order valence-electron chi connectivity index (χ3n) is 3.22. The summed E-state index contributed by atoms with van der Waals surface area (Å²) in [5, 5.41) is 0. The smallest absolute Gasteiger partial charge is 0.123 e. The third kappa shape index (κ3) is 3.58. The number of hydrogen-bond donors (Lipinski definition) is 1. The van der Waals surface area contributed by atoms with Gasteiger partial charge in [0.25, 0.3) is 0 Å². The summed E-state index contributed by atoms with van der Waals surface area (Å²) in [4.78, 5) is 2.07. The Morgan fingerprint density at radius 2 is 2.00 bits per heavy atom. The zero-order valence-corrected chi connectivity index (χ0v) is 13.2. The molecule has 0 unspecified atom stereocenters. The Hall–Kier alpha value is -1.39. The molecule has 2 aromatic rings. The van der Waals surface area contributed by atoms with Crippen molar-refractivity contribution >= 4 is 21.6 Å². The molecule has 0 spiro atoms. The number of rotatable bonds is 4. The van der Waals surface area contributed by atoms with Crippen molar-refractivity contribution in [1.29, 1.82) is 0 Å². The predicted octanol–water partition coefficient (Wildman–Crippen LogP) is 4.24. The first-order valence-electron chi connectivity index (χ1n) is 6.48. The van der Waals surface area contributed by atoms with Crippen LogP contribution in [0.2, 0.25) is 0 Å².